The monoisotopic (exact) mass is 408 g/mol. The van der Waals surface area contributed by atoms with Crippen molar-refractivity contribution in [3.63, 3.8) is 0 Å². The number of aryl methyl sites for hydroxylation is 1. The highest BCUT2D eigenvalue weighted by atomic mass is 32.2. The van der Waals surface area contributed by atoms with Gasteiger partial charge in [0.2, 0.25) is 5.91 Å². The van der Waals surface area contributed by atoms with Crippen LogP contribution in [0.4, 0.5) is 11.4 Å². The fraction of sp³-hybridized carbons (Fsp3) is 0.222. The van der Waals surface area contributed by atoms with Gasteiger partial charge in [-0.1, -0.05) is 6.07 Å². The summed E-state index contributed by atoms with van der Waals surface area (Å²) in [6.45, 7) is 0.973. The molecule has 0 radical (unpaired) electrons. The van der Waals surface area contributed by atoms with Crippen molar-refractivity contribution in [1.29, 1.82) is 0 Å². The van der Waals surface area contributed by atoms with Crippen molar-refractivity contribution in [2.45, 2.75) is 11.8 Å². The molecule has 2 aromatic rings. The van der Waals surface area contributed by atoms with Crippen LogP contribution in [-0.4, -0.2) is 45.7 Å². The van der Waals surface area contributed by atoms with E-state index in [1.165, 1.54) is 31.4 Å². The van der Waals surface area contributed by atoms with Crippen LogP contribution in [0.2, 0.25) is 0 Å². The Morgan fingerprint density at radius 1 is 1.07 bits per heavy atom. The van der Waals surface area contributed by atoms with Crippen LogP contribution >= 0.6 is 0 Å². The lowest BCUT2D eigenvalue weighted by molar-refractivity contribution is -0.139. The molecule has 0 atom stereocenters. The molecule has 0 spiro atoms. The number of hydrogen-bond donors (Lipinski definition) is 3. The lowest BCUT2D eigenvalue weighted by atomic mass is 10.2. The van der Waals surface area contributed by atoms with Crippen LogP contribution in [0.25, 0.3) is 0 Å². The highest BCUT2D eigenvalue weighted by Gasteiger charge is 2.16. The van der Waals surface area contributed by atoms with Gasteiger partial charge in [-0.15, -0.1) is 0 Å². The van der Waals surface area contributed by atoms with Gasteiger partial charge in [-0.3, -0.25) is 9.52 Å². The molecule has 2 rings (SSSR count). The smallest absolute Gasteiger partial charge is 0.341 e. The van der Waals surface area contributed by atoms with E-state index in [0.717, 1.165) is 0 Å². The summed E-state index contributed by atoms with van der Waals surface area (Å²) in [5, 5.41) is 11.2. The molecule has 0 unspecified atom stereocenters. The van der Waals surface area contributed by atoms with Gasteiger partial charge in [0.05, 0.1) is 10.6 Å². The minimum atomic E-state index is -3.90. The van der Waals surface area contributed by atoms with Gasteiger partial charge in [0, 0.05) is 12.8 Å². The topological polar surface area (TPSA) is 131 Å². The molecule has 2 aromatic carbocycles. The standard InChI is InChI=1S/C18H20N2O7S/c1-12-8-15(6-7-16(12)27-11-18(22)23)28(24,25)20-14-5-3-4-13(9-14)19-17(21)10-26-2/h3-9,20H,10-11H2,1-2H3,(H,19,21)(H,22,23). The van der Waals surface area contributed by atoms with Crippen LogP contribution in [0.5, 0.6) is 5.75 Å². The molecule has 0 aliphatic carbocycles. The third kappa shape index (κ3) is 5.96. The Labute approximate surface area is 162 Å². The summed E-state index contributed by atoms with van der Waals surface area (Å²) in [7, 11) is -2.51. The van der Waals surface area contributed by atoms with Gasteiger partial charge in [-0.2, -0.15) is 0 Å². The molecular weight excluding hydrogens is 388 g/mol. The van der Waals surface area contributed by atoms with Gasteiger partial charge < -0.3 is 19.9 Å². The summed E-state index contributed by atoms with van der Waals surface area (Å²) in [4.78, 5) is 22.1. The van der Waals surface area contributed by atoms with Crippen molar-refractivity contribution in [1.82, 2.24) is 0 Å². The second-order valence-electron chi connectivity index (χ2n) is 5.78. The summed E-state index contributed by atoms with van der Waals surface area (Å²) < 4.78 is 37.5. The number of rotatable bonds is 9. The molecule has 0 saturated heterocycles. The first kappa shape index (κ1) is 21.2. The second-order valence-corrected chi connectivity index (χ2v) is 7.46. The normalized spacial score (nSPS) is 10.9. The van der Waals surface area contributed by atoms with Crippen LogP contribution < -0.4 is 14.8 Å². The first-order chi connectivity index (χ1) is 13.2. The van der Waals surface area contributed by atoms with Gasteiger partial charge in [0.1, 0.15) is 12.4 Å². The maximum Gasteiger partial charge on any atom is 0.341 e. The Bertz CT molecular complexity index is 974. The van der Waals surface area contributed by atoms with Crippen molar-refractivity contribution in [3.05, 3.63) is 48.0 Å². The van der Waals surface area contributed by atoms with Crippen LogP contribution in [0.3, 0.4) is 0 Å². The van der Waals surface area contributed by atoms with E-state index in [2.05, 4.69) is 10.0 Å². The van der Waals surface area contributed by atoms with Gasteiger partial charge in [0.25, 0.3) is 10.0 Å². The molecule has 9 nitrogen and oxygen atoms in total. The zero-order valence-electron chi connectivity index (χ0n) is 15.3. The quantitative estimate of drug-likeness (QED) is 0.577. The Balaban J connectivity index is 2.16. The van der Waals surface area contributed by atoms with Crippen LogP contribution in [-0.2, 0) is 24.3 Å². The summed E-state index contributed by atoms with van der Waals surface area (Å²) in [6.07, 6.45) is 0. The fourth-order valence-corrected chi connectivity index (χ4v) is 3.43. The molecule has 28 heavy (non-hydrogen) atoms. The van der Waals surface area contributed by atoms with E-state index >= 15 is 0 Å². The van der Waals surface area contributed by atoms with E-state index in [1.807, 2.05) is 0 Å². The van der Waals surface area contributed by atoms with E-state index < -0.39 is 22.6 Å². The van der Waals surface area contributed by atoms with Gasteiger partial charge >= 0.3 is 5.97 Å². The highest BCUT2D eigenvalue weighted by Crippen LogP contribution is 2.24. The third-order valence-electron chi connectivity index (χ3n) is 3.48. The van der Waals surface area contributed by atoms with E-state index in [9.17, 15) is 18.0 Å². The number of anilines is 2. The number of aliphatic carboxylic acids is 1. The number of carboxylic acid groups (broad SMARTS) is 1. The first-order valence-electron chi connectivity index (χ1n) is 8.08. The van der Waals surface area contributed by atoms with Crippen LogP contribution in [0.1, 0.15) is 5.56 Å². The van der Waals surface area contributed by atoms with E-state index in [4.69, 9.17) is 14.6 Å². The van der Waals surface area contributed by atoms with Crippen molar-refractivity contribution in [2.24, 2.45) is 0 Å². The molecular formula is C18H20N2O7S. The Morgan fingerprint density at radius 2 is 1.79 bits per heavy atom. The van der Waals surface area contributed by atoms with Crippen molar-refractivity contribution in [3.8, 4) is 5.75 Å². The van der Waals surface area contributed by atoms with Crippen LogP contribution in [0, 0.1) is 6.92 Å². The van der Waals surface area contributed by atoms with Gasteiger partial charge in [0.15, 0.2) is 6.61 Å². The average Bonchev–Trinajstić information content (AvgIpc) is 2.60. The van der Waals surface area contributed by atoms with E-state index in [-0.39, 0.29) is 28.8 Å². The molecule has 0 heterocycles. The van der Waals surface area contributed by atoms with E-state index in [1.54, 1.807) is 25.1 Å². The van der Waals surface area contributed by atoms with Crippen molar-refractivity contribution in [2.75, 3.05) is 30.4 Å². The number of carboxylic acids is 1. The number of carbonyl (C=O) groups excluding carboxylic acids is 1. The number of sulfonamides is 1. The molecule has 0 aromatic heterocycles. The van der Waals surface area contributed by atoms with E-state index in [0.29, 0.717) is 11.3 Å². The summed E-state index contributed by atoms with van der Waals surface area (Å²) in [6, 6.07) is 10.3. The zero-order valence-corrected chi connectivity index (χ0v) is 16.1. The minimum absolute atomic E-state index is 0.0125. The molecule has 0 saturated carbocycles. The largest absolute Gasteiger partial charge is 0.482 e. The first-order valence-corrected chi connectivity index (χ1v) is 9.56. The fourth-order valence-electron chi connectivity index (χ4n) is 2.29. The molecule has 1 amide bonds. The van der Waals surface area contributed by atoms with Gasteiger partial charge in [-0.25, -0.2) is 13.2 Å². The lowest BCUT2D eigenvalue weighted by Gasteiger charge is -2.12. The Hall–Kier alpha value is -3.11. The Morgan fingerprint density at radius 3 is 2.43 bits per heavy atom. The number of carbonyl (C=O) groups is 2. The average molecular weight is 408 g/mol. The SMILES string of the molecule is COCC(=O)Nc1cccc(NS(=O)(=O)c2ccc(OCC(=O)O)c(C)c2)c1. The number of nitrogens with one attached hydrogen (secondary N) is 2. The molecule has 150 valence electrons. The van der Waals surface area contributed by atoms with Crippen molar-refractivity contribution < 1.29 is 32.6 Å². The maximum absolute atomic E-state index is 12.6. The predicted octanol–water partition coefficient (Wildman–Crippen LogP) is 1.84. The third-order valence-corrected chi connectivity index (χ3v) is 4.86. The number of benzene rings is 2. The van der Waals surface area contributed by atoms with Gasteiger partial charge in [-0.05, 0) is 48.9 Å². The second kappa shape index (κ2) is 9.20. The number of hydrogen-bond acceptors (Lipinski definition) is 6. The molecule has 0 aliphatic rings. The highest BCUT2D eigenvalue weighted by molar-refractivity contribution is 7.92. The minimum Gasteiger partial charge on any atom is -0.482 e. The van der Waals surface area contributed by atoms with Crippen LogP contribution in [0.15, 0.2) is 47.4 Å². The summed E-state index contributed by atoms with van der Waals surface area (Å²) in [5.74, 6) is -1.21. The zero-order chi connectivity index (χ0) is 20.7. The maximum atomic E-state index is 12.6. The number of amides is 1. The number of methoxy groups -OCH3 is 1. The lowest BCUT2D eigenvalue weighted by Crippen LogP contribution is -2.17. The molecule has 0 bridgehead atoms. The summed E-state index contributed by atoms with van der Waals surface area (Å²) >= 11 is 0. The molecule has 0 fully saturated rings. The molecule has 0 aliphatic heterocycles. The number of ether oxygens (including phenoxy) is 2. The van der Waals surface area contributed by atoms with Crippen molar-refractivity contribution >= 4 is 33.3 Å². The molecule has 3 N–H and O–H groups in total. The Kier molecular flexibility index (Phi) is 6.96. The summed E-state index contributed by atoms with van der Waals surface area (Å²) in [5.41, 5.74) is 1.15. The predicted molar refractivity (Wildman–Crippen MR) is 102 cm³/mol. The molecule has 10 heteroatoms.